The SMILES string of the molecule is CCC=C[C@]1(CC)CS(=O)(=O)c2ccccc2[C@H](c2ccccc2)N1. The quantitative estimate of drug-likeness (QED) is 0.833. The van der Waals surface area contributed by atoms with Crippen LogP contribution in [0.3, 0.4) is 0 Å². The van der Waals surface area contributed by atoms with Gasteiger partial charge in [0.15, 0.2) is 9.84 Å². The van der Waals surface area contributed by atoms with Crippen LogP contribution in [0.5, 0.6) is 0 Å². The highest BCUT2D eigenvalue weighted by Gasteiger charge is 2.40. The van der Waals surface area contributed by atoms with Crippen LogP contribution in [0.1, 0.15) is 43.9 Å². The maximum Gasteiger partial charge on any atom is 0.180 e. The van der Waals surface area contributed by atoms with E-state index in [4.69, 9.17) is 0 Å². The van der Waals surface area contributed by atoms with Crippen molar-refractivity contribution < 1.29 is 8.42 Å². The lowest BCUT2D eigenvalue weighted by atomic mass is 9.91. The van der Waals surface area contributed by atoms with Gasteiger partial charge in [-0.15, -0.1) is 0 Å². The van der Waals surface area contributed by atoms with Gasteiger partial charge in [-0.3, -0.25) is 5.32 Å². The molecule has 4 heteroatoms. The third-order valence-electron chi connectivity index (χ3n) is 4.88. The summed E-state index contributed by atoms with van der Waals surface area (Å²) in [5.74, 6) is 0.0767. The molecular weight excluding hydrogens is 330 g/mol. The molecule has 1 heterocycles. The second-order valence-electron chi connectivity index (χ2n) is 6.61. The summed E-state index contributed by atoms with van der Waals surface area (Å²) >= 11 is 0. The molecule has 0 unspecified atom stereocenters. The van der Waals surface area contributed by atoms with Crippen LogP contribution >= 0.6 is 0 Å². The minimum atomic E-state index is -3.38. The van der Waals surface area contributed by atoms with Gasteiger partial charge in [-0.2, -0.15) is 0 Å². The lowest BCUT2D eigenvalue weighted by Gasteiger charge is -2.33. The van der Waals surface area contributed by atoms with Gasteiger partial charge in [0.1, 0.15) is 0 Å². The van der Waals surface area contributed by atoms with Gasteiger partial charge in [0.2, 0.25) is 0 Å². The average molecular weight is 356 g/mol. The van der Waals surface area contributed by atoms with Crippen LogP contribution in [0.25, 0.3) is 0 Å². The third-order valence-corrected chi connectivity index (χ3v) is 6.82. The van der Waals surface area contributed by atoms with E-state index in [9.17, 15) is 8.42 Å². The molecule has 0 fully saturated rings. The largest absolute Gasteiger partial charge is 0.296 e. The van der Waals surface area contributed by atoms with Crippen LogP contribution in [-0.2, 0) is 9.84 Å². The Labute approximate surface area is 150 Å². The molecule has 3 nitrogen and oxygen atoms in total. The van der Waals surface area contributed by atoms with Crippen LogP contribution in [0, 0.1) is 0 Å². The summed E-state index contributed by atoms with van der Waals surface area (Å²) in [6, 6.07) is 17.3. The monoisotopic (exact) mass is 355 g/mol. The van der Waals surface area contributed by atoms with E-state index in [0.29, 0.717) is 11.3 Å². The van der Waals surface area contributed by atoms with Crippen molar-refractivity contribution in [2.45, 2.75) is 43.2 Å². The summed E-state index contributed by atoms with van der Waals surface area (Å²) in [7, 11) is -3.38. The standard InChI is InChI=1S/C21H25NO2S/c1-3-5-15-21(4-2)16-25(23,24)19-14-10-9-13-18(19)20(22-21)17-11-7-6-8-12-17/h5-15,20,22H,3-4,16H2,1-2H3/t20-,21+/m0/s1. The number of benzene rings is 2. The first-order valence-corrected chi connectivity index (χ1v) is 10.5. The molecule has 0 aliphatic carbocycles. The first kappa shape index (κ1) is 17.9. The molecule has 2 atom stereocenters. The van der Waals surface area contributed by atoms with Gasteiger partial charge in [0.25, 0.3) is 0 Å². The van der Waals surface area contributed by atoms with Crippen molar-refractivity contribution in [2.24, 2.45) is 0 Å². The molecular formula is C21H25NO2S. The number of rotatable bonds is 4. The summed E-state index contributed by atoms with van der Waals surface area (Å²) in [6.45, 7) is 4.11. The maximum atomic E-state index is 13.1. The highest BCUT2D eigenvalue weighted by Crippen LogP contribution is 2.36. The maximum absolute atomic E-state index is 13.1. The van der Waals surface area contributed by atoms with E-state index in [1.165, 1.54) is 0 Å². The van der Waals surface area contributed by atoms with Crippen molar-refractivity contribution >= 4 is 9.84 Å². The summed E-state index contributed by atoms with van der Waals surface area (Å²) in [5, 5.41) is 3.68. The van der Waals surface area contributed by atoms with Gasteiger partial charge in [-0.05, 0) is 30.0 Å². The molecule has 0 aromatic heterocycles. The highest BCUT2D eigenvalue weighted by atomic mass is 32.2. The smallest absolute Gasteiger partial charge is 0.180 e. The van der Waals surface area contributed by atoms with E-state index in [-0.39, 0.29) is 11.8 Å². The Morgan fingerprint density at radius 3 is 2.44 bits per heavy atom. The van der Waals surface area contributed by atoms with Crippen molar-refractivity contribution in [3.05, 3.63) is 77.9 Å². The normalized spacial score (nSPS) is 25.4. The molecule has 2 aromatic rings. The Morgan fingerprint density at radius 2 is 1.76 bits per heavy atom. The number of hydrogen-bond acceptors (Lipinski definition) is 3. The molecule has 2 aromatic carbocycles. The van der Waals surface area contributed by atoms with Gasteiger partial charge in [-0.25, -0.2) is 8.42 Å². The lowest BCUT2D eigenvalue weighted by molar-refractivity contribution is 0.394. The van der Waals surface area contributed by atoms with Crippen LogP contribution in [0.4, 0.5) is 0 Å². The minimum absolute atomic E-state index is 0.0767. The zero-order chi connectivity index (χ0) is 17.9. The Hall–Kier alpha value is -1.91. The molecule has 0 bridgehead atoms. The van der Waals surface area contributed by atoms with Crippen molar-refractivity contribution in [3.63, 3.8) is 0 Å². The van der Waals surface area contributed by atoms with Crippen molar-refractivity contribution in [1.29, 1.82) is 0 Å². The van der Waals surface area contributed by atoms with E-state index in [0.717, 1.165) is 17.5 Å². The number of hydrogen-bond donors (Lipinski definition) is 1. The third kappa shape index (κ3) is 3.55. The summed E-state index contributed by atoms with van der Waals surface area (Å²) in [5.41, 5.74) is 1.33. The van der Waals surface area contributed by atoms with Gasteiger partial charge in [0.05, 0.1) is 22.2 Å². The predicted octanol–water partition coefficient (Wildman–Crippen LogP) is 4.27. The topological polar surface area (TPSA) is 46.2 Å². The molecule has 1 N–H and O–H groups in total. The van der Waals surface area contributed by atoms with E-state index in [1.54, 1.807) is 12.1 Å². The molecule has 0 saturated carbocycles. The molecule has 0 amide bonds. The molecule has 0 saturated heterocycles. The molecule has 0 radical (unpaired) electrons. The minimum Gasteiger partial charge on any atom is -0.296 e. The number of allylic oxidation sites excluding steroid dienone is 1. The molecule has 1 aliphatic rings. The molecule has 3 rings (SSSR count). The second-order valence-corrected chi connectivity index (χ2v) is 8.56. The predicted molar refractivity (Wildman–Crippen MR) is 102 cm³/mol. The van der Waals surface area contributed by atoms with E-state index >= 15 is 0 Å². The first-order valence-electron chi connectivity index (χ1n) is 8.83. The van der Waals surface area contributed by atoms with Crippen molar-refractivity contribution in [3.8, 4) is 0 Å². The zero-order valence-electron chi connectivity index (χ0n) is 14.8. The molecule has 132 valence electrons. The van der Waals surface area contributed by atoms with Gasteiger partial charge >= 0.3 is 0 Å². The molecule has 25 heavy (non-hydrogen) atoms. The number of nitrogens with one attached hydrogen (secondary N) is 1. The number of fused-ring (bicyclic) bond motifs is 1. The second kappa shape index (κ2) is 7.14. The molecule has 1 aliphatic heterocycles. The average Bonchev–Trinajstić information content (AvgIpc) is 2.74. The summed E-state index contributed by atoms with van der Waals surface area (Å²) in [4.78, 5) is 0.441. The fourth-order valence-corrected chi connectivity index (χ4v) is 5.54. The Kier molecular flexibility index (Phi) is 5.11. The van der Waals surface area contributed by atoms with Crippen molar-refractivity contribution in [2.75, 3.05) is 5.75 Å². The summed E-state index contributed by atoms with van der Waals surface area (Å²) in [6.07, 6.45) is 5.70. The van der Waals surface area contributed by atoms with Crippen LogP contribution in [0.2, 0.25) is 0 Å². The fraction of sp³-hybridized carbons (Fsp3) is 0.333. The van der Waals surface area contributed by atoms with Crippen LogP contribution < -0.4 is 5.32 Å². The van der Waals surface area contributed by atoms with Gasteiger partial charge in [0, 0.05) is 0 Å². The van der Waals surface area contributed by atoms with Crippen molar-refractivity contribution in [1.82, 2.24) is 5.32 Å². The summed E-state index contributed by atoms with van der Waals surface area (Å²) < 4.78 is 26.3. The first-order chi connectivity index (χ1) is 12.0. The molecule has 0 spiro atoms. The highest BCUT2D eigenvalue weighted by molar-refractivity contribution is 7.91. The van der Waals surface area contributed by atoms with Crippen LogP contribution in [0.15, 0.2) is 71.6 Å². The zero-order valence-corrected chi connectivity index (χ0v) is 15.6. The Morgan fingerprint density at radius 1 is 1.08 bits per heavy atom. The Bertz CT molecular complexity index is 858. The van der Waals surface area contributed by atoms with Crippen LogP contribution in [-0.4, -0.2) is 19.7 Å². The van der Waals surface area contributed by atoms with Gasteiger partial charge < -0.3 is 0 Å². The lowest BCUT2D eigenvalue weighted by Crippen LogP contribution is -2.48. The van der Waals surface area contributed by atoms with E-state index < -0.39 is 15.4 Å². The fourth-order valence-electron chi connectivity index (χ4n) is 3.50. The van der Waals surface area contributed by atoms with Gasteiger partial charge in [-0.1, -0.05) is 74.5 Å². The van der Waals surface area contributed by atoms with E-state index in [1.807, 2.05) is 43.3 Å². The Balaban J connectivity index is 2.22. The van der Waals surface area contributed by atoms with E-state index in [2.05, 4.69) is 30.4 Å². The number of sulfone groups is 1.